The molecule has 0 bridgehead atoms. The van der Waals surface area contributed by atoms with Gasteiger partial charge in [0.1, 0.15) is 11.4 Å². The number of urea groups is 1. The molecule has 3 rings (SSSR count). The molecule has 23 heavy (non-hydrogen) atoms. The maximum absolute atomic E-state index is 12.8. The quantitative estimate of drug-likeness (QED) is 0.760. The minimum Gasteiger partial charge on any atom is -0.382 e. The van der Waals surface area contributed by atoms with Gasteiger partial charge in [0.25, 0.3) is 0 Å². The Hall–Kier alpha value is -1.92. The van der Waals surface area contributed by atoms with Gasteiger partial charge in [-0.3, -0.25) is 0 Å². The van der Waals surface area contributed by atoms with E-state index in [0.717, 1.165) is 23.3 Å². The van der Waals surface area contributed by atoms with Crippen molar-refractivity contribution in [3.05, 3.63) is 58.0 Å². The van der Waals surface area contributed by atoms with Crippen LogP contribution in [0.3, 0.4) is 0 Å². The van der Waals surface area contributed by atoms with Gasteiger partial charge >= 0.3 is 6.03 Å². The first-order valence-electron chi connectivity index (χ1n) is 7.60. The molecule has 1 aromatic heterocycles. The molecule has 2 amide bonds. The first-order valence-corrected chi connectivity index (χ1v) is 8.48. The highest BCUT2D eigenvalue weighted by Crippen LogP contribution is 2.46. The third-order valence-electron chi connectivity index (χ3n) is 4.09. The second-order valence-electron chi connectivity index (χ2n) is 5.84. The number of carbonyl (C=O) groups is 1. The lowest BCUT2D eigenvalue weighted by molar-refractivity contribution is 0.0196. The molecule has 1 atom stereocenters. The summed E-state index contributed by atoms with van der Waals surface area (Å²) in [6.07, 6.45) is 1.96. The Morgan fingerprint density at radius 2 is 2.00 bits per heavy atom. The number of hydrogen-bond donors (Lipinski definition) is 3. The third kappa shape index (κ3) is 3.89. The zero-order chi connectivity index (χ0) is 16.3. The van der Waals surface area contributed by atoms with E-state index in [2.05, 4.69) is 10.6 Å². The molecule has 1 aliphatic carbocycles. The van der Waals surface area contributed by atoms with Crippen molar-refractivity contribution >= 4 is 17.4 Å². The second-order valence-corrected chi connectivity index (χ2v) is 6.79. The van der Waals surface area contributed by atoms with E-state index < -0.39 is 5.60 Å². The number of benzene rings is 1. The lowest BCUT2D eigenvalue weighted by atomic mass is 9.96. The monoisotopic (exact) mass is 334 g/mol. The van der Waals surface area contributed by atoms with E-state index in [1.165, 1.54) is 23.5 Å². The molecule has 0 radical (unpaired) electrons. The van der Waals surface area contributed by atoms with Crippen LogP contribution in [0.4, 0.5) is 9.18 Å². The SMILES string of the molecule is O=C(NCc1ccc(F)cc1)NC[C@@](O)(c1cccs1)C1CC1. The van der Waals surface area contributed by atoms with E-state index in [-0.39, 0.29) is 24.3 Å². The molecule has 6 heteroatoms. The van der Waals surface area contributed by atoms with E-state index >= 15 is 0 Å². The standard InChI is InChI=1S/C17H19FN2O2S/c18-14-7-3-12(4-8-14)10-19-16(21)20-11-17(22,13-5-6-13)15-2-1-9-23-15/h1-4,7-9,13,22H,5-6,10-11H2,(H2,19,20,21)/t17-/m0/s1. The highest BCUT2D eigenvalue weighted by molar-refractivity contribution is 7.10. The summed E-state index contributed by atoms with van der Waals surface area (Å²) < 4.78 is 12.8. The van der Waals surface area contributed by atoms with Crippen molar-refractivity contribution in [2.75, 3.05) is 6.54 Å². The number of carbonyl (C=O) groups excluding carboxylic acids is 1. The molecule has 1 heterocycles. The smallest absolute Gasteiger partial charge is 0.315 e. The number of nitrogens with one attached hydrogen (secondary N) is 2. The number of aliphatic hydroxyl groups is 1. The molecular weight excluding hydrogens is 315 g/mol. The van der Waals surface area contributed by atoms with Crippen LogP contribution in [0, 0.1) is 11.7 Å². The van der Waals surface area contributed by atoms with Crippen molar-refractivity contribution < 1.29 is 14.3 Å². The predicted octanol–water partition coefficient (Wildman–Crippen LogP) is 2.98. The van der Waals surface area contributed by atoms with Crippen LogP contribution >= 0.6 is 11.3 Å². The predicted molar refractivity (Wildman–Crippen MR) is 87.6 cm³/mol. The molecule has 0 spiro atoms. The lowest BCUT2D eigenvalue weighted by Gasteiger charge is -2.27. The molecule has 0 saturated heterocycles. The fraction of sp³-hybridized carbons (Fsp3) is 0.353. The van der Waals surface area contributed by atoms with Crippen LogP contribution in [-0.2, 0) is 12.1 Å². The van der Waals surface area contributed by atoms with Crippen molar-refractivity contribution in [1.82, 2.24) is 10.6 Å². The summed E-state index contributed by atoms with van der Waals surface area (Å²) in [4.78, 5) is 12.8. The Morgan fingerprint density at radius 1 is 1.26 bits per heavy atom. The van der Waals surface area contributed by atoms with Gasteiger partial charge in [-0.25, -0.2) is 9.18 Å². The average molecular weight is 334 g/mol. The van der Waals surface area contributed by atoms with Gasteiger partial charge in [-0.2, -0.15) is 0 Å². The van der Waals surface area contributed by atoms with Crippen LogP contribution in [-0.4, -0.2) is 17.7 Å². The summed E-state index contributed by atoms with van der Waals surface area (Å²) >= 11 is 1.50. The highest BCUT2D eigenvalue weighted by atomic mass is 32.1. The first kappa shape index (κ1) is 16.0. The molecule has 3 N–H and O–H groups in total. The Bertz CT molecular complexity index is 656. The fourth-order valence-corrected chi connectivity index (χ4v) is 3.48. The van der Waals surface area contributed by atoms with E-state index in [1.54, 1.807) is 12.1 Å². The maximum atomic E-state index is 12.8. The average Bonchev–Trinajstić information content (AvgIpc) is 3.27. The minimum atomic E-state index is -0.985. The van der Waals surface area contributed by atoms with Gasteiger partial charge in [0.15, 0.2) is 0 Å². The molecule has 1 aliphatic rings. The van der Waals surface area contributed by atoms with Gasteiger partial charge in [0.2, 0.25) is 0 Å². The Balaban J connectivity index is 1.52. The highest BCUT2D eigenvalue weighted by Gasteiger charge is 2.45. The van der Waals surface area contributed by atoms with E-state index in [9.17, 15) is 14.3 Å². The van der Waals surface area contributed by atoms with Crippen molar-refractivity contribution in [1.29, 1.82) is 0 Å². The number of halogens is 1. The van der Waals surface area contributed by atoms with E-state index in [4.69, 9.17) is 0 Å². The molecule has 4 nitrogen and oxygen atoms in total. The zero-order valence-electron chi connectivity index (χ0n) is 12.6. The largest absolute Gasteiger partial charge is 0.382 e. The first-order chi connectivity index (χ1) is 11.1. The molecule has 0 aliphatic heterocycles. The second kappa shape index (κ2) is 6.68. The molecular formula is C17H19FN2O2S. The molecule has 0 unspecified atom stereocenters. The fourth-order valence-electron chi connectivity index (χ4n) is 2.58. The summed E-state index contributed by atoms with van der Waals surface area (Å²) in [7, 11) is 0. The van der Waals surface area contributed by atoms with Crippen molar-refractivity contribution in [3.8, 4) is 0 Å². The van der Waals surface area contributed by atoms with Crippen LogP contribution < -0.4 is 10.6 Å². The van der Waals surface area contributed by atoms with Crippen LogP contribution in [0.5, 0.6) is 0 Å². The summed E-state index contributed by atoms with van der Waals surface area (Å²) in [6.45, 7) is 0.500. The molecule has 2 aromatic rings. The topological polar surface area (TPSA) is 61.4 Å². The van der Waals surface area contributed by atoms with Crippen LogP contribution in [0.15, 0.2) is 41.8 Å². The van der Waals surface area contributed by atoms with Crippen LogP contribution in [0.25, 0.3) is 0 Å². The Labute approximate surface area is 138 Å². The van der Waals surface area contributed by atoms with Gasteiger partial charge in [-0.05, 0) is 47.9 Å². The summed E-state index contributed by atoms with van der Waals surface area (Å²) in [5, 5.41) is 18.3. The van der Waals surface area contributed by atoms with Crippen molar-refractivity contribution in [3.63, 3.8) is 0 Å². The normalized spacial score (nSPS) is 16.6. The molecule has 1 fully saturated rings. The number of thiophene rings is 1. The van der Waals surface area contributed by atoms with Gasteiger partial charge < -0.3 is 15.7 Å². The molecule has 1 saturated carbocycles. The molecule has 1 aromatic carbocycles. The summed E-state index contributed by atoms with van der Waals surface area (Å²) in [6, 6.07) is 9.44. The van der Waals surface area contributed by atoms with Crippen molar-refractivity contribution in [2.24, 2.45) is 5.92 Å². The summed E-state index contributed by atoms with van der Waals surface area (Å²) in [5.41, 5.74) is -0.168. The lowest BCUT2D eigenvalue weighted by Crippen LogP contribution is -2.45. The van der Waals surface area contributed by atoms with Crippen LogP contribution in [0.2, 0.25) is 0 Å². The maximum Gasteiger partial charge on any atom is 0.315 e. The van der Waals surface area contributed by atoms with Gasteiger partial charge in [0.05, 0.1) is 6.54 Å². The zero-order valence-corrected chi connectivity index (χ0v) is 13.4. The van der Waals surface area contributed by atoms with E-state index in [1.807, 2.05) is 17.5 Å². The number of rotatable bonds is 6. The Morgan fingerprint density at radius 3 is 2.61 bits per heavy atom. The summed E-state index contributed by atoms with van der Waals surface area (Å²) in [5.74, 6) is -0.0952. The van der Waals surface area contributed by atoms with Gasteiger partial charge in [0, 0.05) is 11.4 Å². The minimum absolute atomic E-state index is 0.188. The Kier molecular flexibility index (Phi) is 4.63. The third-order valence-corrected chi connectivity index (χ3v) is 5.12. The van der Waals surface area contributed by atoms with Crippen molar-refractivity contribution in [2.45, 2.75) is 25.0 Å². The number of amides is 2. The number of hydrogen-bond acceptors (Lipinski definition) is 3. The molecule has 122 valence electrons. The van der Waals surface area contributed by atoms with E-state index in [0.29, 0.717) is 6.54 Å². The van der Waals surface area contributed by atoms with Gasteiger partial charge in [-0.15, -0.1) is 11.3 Å². The van der Waals surface area contributed by atoms with Gasteiger partial charge in [-0.1, -0.05) is 18.2 Å². The van der Waals surface area contributed by atoms with Crippen LogP contribution in [0.1, 0.15) is 23.3 Å².